The van der Waals surface area contributed by atoms with Crippen molar-refractivity contribution < 1.29 is 17.3 Å². The number of hydrogen-bond acceptors (Lipinski definition) is 0. The number of hydrogen-bond donors (Lipinski definition) is 0. The van der Waals surface area contributed by atoms with Gasteiger partial charge in [-0.1, -0.05) is 19.1 Å². The van der Waals surface area contributed by atoms with Crippen molar-refractivity contribution in [3.63, 3.8) is 0 Å². The zero-order valence-electron chi connectivity index (χ0n) is 8.24. The first-order valence-corrected chi connectivity index (χ1v) is 4.83. The van der Waals surface area contributed by atoms with E-state index in [1.54, 1.807) is 6.92 Å². The molecule has 0 spiro atoms. The second kappa shape index (κ2) is 3.00. The summed E-state index contributed by atoms with van der Waals surface area (Å²) in [6.07, 6.45) is 1.52. The van der Waals surface area contributed by atoms with E-state index in [4.69, 9.17) is 0 Å². The topological polar surface area (TPSA) is 0 Å². The molecule has 0 saturated heterocycles. The van der Waals surface area contributed by atoms with Crippen molar-refractivity contribution in [2.24, 2.45) is 0 Å². The van der Waals surface area contributed by atoms with Crippen LogP contribution in [-0.4, -0.2) is 6.98 Å². The van der Waals surface area contributed by atoms with Crippen LogP contribution >= 0.6 is 0 Å². The van der Waals surface area contributed by atoms with Gasteiger partial charge in [-0.05, 0) is 29.9 Å². The van der Waals surface area contributed by atoms with Gasteiger partial charge in [-0.3, -0.25) is 0 Å². The first-order valence-electron chi connectivity index (χ1n) is 4.83. The van der Waals surface area contributed by atoms with Gasteiger partial charge < -0.3 is 12.9 Å². The normalized spacial score (nSPS) is 19.0. The van der Waals surface area contributed by atoms with Crippen LogP contribution in [0.3, 0.4) is 0 Å². The molecule has 0 atom stereocenters. The van der Waals surface area contributed by atoms with Gasteiger partial charge in [0.1, 0.15) is 5.82 Å². The molecule has 0 bridgehead atoms. The van der Waals surface area contributed by atoms with E-state index >= 15 is 0 Å². The van der Waals surface area contributed by atoms with Gasteiger partial charge in [0.05, 0.1) is 0 Å². The summed E-state index contributed by atoms with van der Waals surface area (Å²) in [4.78, 5) is 0. The summed E-state index contributed by atoms with van der Waals surface area (Å²) in [5.41, 5.74) is -0.875. The van der Waals surface area contributed by atoms with Crippen LogP contribution in [0.4, 0.5) is 17.3 Å². The Balaban J connectivity index is 2.47. The van der Waals surface area contributed by atoms with E-state index in [0.717, 1.165) is 31.0 Å². The minimum absolute atomic E-state index is 0.208. The Bertz CT molecular complexity index is 393. The highest BCUT2D eigenvalue weighted by atomic mass is 19.4. The van der Waals surface area contributed by atoms with Crippen LogP contribution in [0.2, 0.25) is 0 Å². The number of halogens is 4. The summed E-state index contributed by atoms with van der Waals surface area (Å²) in [6.45, 7) is -3.24. The Hall–Kier alpha value is -0.995. The molecule has 82 valence electrons. The van der Waals surface area contributed by atoms with Crippen molar-refractivity contribution in [2.45, 2.75) is 25.2 Å². The summed E-state index contributed by atoms with van der Waals surface area (Å²) in [5, 5.41) is 0. The first-order chi connectivity index (χ1) is 6.83. The van der Waals surface area contributed by atoms with Crippen LogP contribution in [0.1, 0.15) is 25.3 Å². The molecule has 0 unspecified atom stereocenters. The molecule has 0 amide bonds. The maximum absolute atomic E-state index is 13.3. The maximum Gasteiger partial charge on any atom is 0.509 e. The fraction of sp³-hybridized carbons (Fsp3) is 0.400. The average molecular weight is 217 g/mol. The predicted octanol–water partition coefficient (Wildman–Crippen LogP) is 2.93. The molecular weight excluding hydrogens is 207 g/mol. The predicted molar refractivity (Wildman–Crippen MR) is 51.7 cm³/mol. The van der Waals surface area contributed by atoms with Gasteiger partial charge in [-0.25, -0.2) is 4.39 Å². The standard InChI is InChI=1S/C10H10BF4/c1-10(4-5-10)8-6-7(11(13,14)15)2-3-9(8)12/h2-3,6H,4-5H2,1H3/q-1. The van der Waals surface area contributed by atoms with Crippen LogP contribution < -0.4 is 5.46 Å². The van der Waals surface area contributed by atoms with E-state index in [-0.39, 0.29) is 11.0 Å². The molecule has 0 heterocycles. The fourth-order valence-electron chi connectivity index (χ4n) is 1.67. The molecule has 0 nitrogen and oxygen atoms in total. The second-order valence-electron chi connectivity index (χ2n) is 4.37. The van der Waals surface area contributed by atoms with Gasteiger partial charge in [-0.2, -0.15) is 0 Å². The van der Waals surface area contributed by atoms with Gasteiger partial charge in [0.15, 0.2) is 0 Å². The summed E-state index contributed by atoms with van der Waals surface area (Å²) >= 11 is 0. The van der Waals surface area contributed by atoms with Crippen LogP contribution in [0, 0.1) is 5.82 Å². The lowest BCUT2D eigenvalue weighted by atomic mass is 9.78. The Morgan fingerprint density at radius 1 is 1.20 bits per heavy atom. The Labute approximate surface area is 85.4 Å². The Morgan fingerprint density at radius 2 is 1.80 bits per heavy atom. The monoisotopic (exact) mass is 217 g/mol. The molecular formula is C10H10BF4-. The van der Waals surface area contributed by atoms with E-state index in [1.165, 1.54) is 0 Å². The van der Waals surface area contributed by atoms with Gasteiger partial charge >= 0.3 is 6.98 Å². The molecule has 1 aliphatic carbocycles. The summed E-state index contributed by atoms with van der Waals surface area (Å²) in [7, 11) is 0. The van der Waals surface area contributed by atoms with Crippen LogP contribution in [0.15, 0.2) is 18.2 Å². The fourth-order valence-corrected chi connectivity index (χ4v) is 1.67. The molecule has 0 aromatic heterocycles. The minimum Gasteiger partial charge on any atom is -0.445 e. The molecule has 2 rings (SSSR count). The van der Waals surface area contributed by atoms with Crippen molar-refractivity contribution in [2.75, 3.05) is 0 Å². The molecule has 0 radical (unpaired) electrons. The molecule has 1 aromatic rings. The average Bonchev–Trinajstić information content (AvgIpc) is 2.83. The van der Waals surface area contributed by atoms with E-state index < -0.39 is 18.3 Å². The molecule has 1 aliphatic rings. The van der Waals surface area contributed by atoms with Crippen LogP contribution in [-0.2, 0) is 5.41 Å². The minimum atomic E-state index is -5.03. The molecule has 15 heavy (non-hydrogen) atoms. The summed E-state index contributed by atoms with van der Waals surface area (Å²) < 4.78 is 50.7. The third kappa shape index (κ3) is 1.87. The van der Waals surface area contributed by atoms with E-state index in [2.05, 4.69) is 0 Å². The van der Waals surface area contributed by atoms with Crippen molar-refractivity contribution in [3.8, 4) is 0 Å². The highest BCUT2D eigenvalue weighted by molar-refractivity contribution is 6.73. The molecule has 1 saturated carbocycles. The van der Waals surface area contributed by atoms with Crippen molar-refractivity contribution in [1.29, 1.82) is 0 Å². The number of benzene rings is 1. The third-order valence-electron chi connectivity index (χ3n) is 3.02. The zero-order chi connectivity index (χ0) is 11.3. The van der Waals surface area contributed by atoms with E-state index in [9.17, 15) is 17.3 Å². The van der Waals surface area contributed by atoms with Crippen molar-refractivity contribution in [1.82, 2.24) is 0 Å². The lowest BCUT2D eigenvalue weighted by Crippen LogP contribution is -2.34. The van der Waals surface area contributed by atoms with Gasteiger partial charge in [0.25, 0.3) is 0 Å². The molecule has 0 aliphatic heterocycles. The molecule has 0 N–H and O–H groups in total. The molecule has 1 fully saturated rings. The van der Waals surface area contributed by atoms with Gasteiger partial charge in [0, 0.05) is 0 Å². The van der Waals surface area contributed by atoms with Crippen molar-refractivity contribution in [3.05, 3.63) is 29.6 Å². The first kappa shape index (κ1) is 10.5. The number of rotatable bonds is 2. The lowest BCUT2D eigenvalue weighted by Gasteiger charge is -2.18. The molecule has 5 heteroatoms. The quantitative estimate of drug-likeness (QED) is 0.527. The van der Waals surface area contributed by atoms with Gasteiger partial charge in [0.2, 0.25) is 0 Å². The highest BCUT2D eigenvalue weighted by Gasteiger charge is 2.41. The van der Waals surface area contributed by atoms with Crippen LogP contribution in [0.5, 0.6) is 0 Å². The lowest BCUT2D eigenvalue weighted by molar-refractivity contribution is 0.500. The second-order valence-corrected chi connectivity index (χ2v) is 4.37. The Kier molecular flexibility index (Phi) is 2.10. The third-order valence-corrected chi connectivity index (χ3v) is 3.02. The van der Waals surface area contributed by atoms with E-state index in [0.29, 0.717) is 0 Å². The van der Waals surface area contributed by atoms with E-state index in [1.807, 2.05) is 0 Å². The van der Waals surface area contributed by atoms with Crippen LogP contribution in [0.25, 0.3) is 0 Å². The largest absolute Gasteiger partial charge is 0.509 e. The smallest absolute Gasteiger partial charge is 0.445 e. The molecule has 1 aromatic carbocycles. The highest BCUT2D eigenvalue weighted by Crippen LogP contribution is 2.48. The van der Waals surface area contributed by atoms with Gasteiger partial charge in [-0.15, -0.1) is 5.46 Å². The maximum atomic E-state index is 13.3. The SMILES string of the molecule is CC1(c2cc([B-](F)(F)F)ccc2F)CC1. The summed E-state index contributed by atoms with van der Waals surface area (Å²) in [6, 6.07) is 2.69. The summed E-state index contributed by atoms with van der Waals surface area (Å²) in [5.74, 6) is -0.529. The van der Waals surface area contributed by atoms with Crippen molar-refractivity contribution >= 4 is 12.4 Å². The zero-order valence-corrected chi connectivity index (χ0v) is 8.24. The Morgan fingerprint density at radius 3 is 2.27 bits per heavy atom.